The van der Waals surface area contributed by atoms with E-state index in [4.69, 9.17) is 5.26 Å². The van der Waals surface area contributed by atoms with Gasteiger partial charge in [-0.15, -0.1) is 0 Å². The van der Waals surface area contributed by atoms with Crippen molar-refractivity contribution in [3.8, 4) is 6.07 Å². The van der Waals surface area contributed by atoms with Crippen LogP contribution in [0.4, 0.5) is 14.5 Å². The number of piperazine rings is 1. The molecule has 2 rings (SSSR count). The van der Waals surface area contributed by atoms with Gasteiger partial charge in [-0.05, 0) is 25.5 Å². The Labute approximate surface area is 188 Å². The van der Waals surface area contributed by atoms with Gasteiger partial charge in [0.25, 0.3) is 5.92 Å². The zero-order valence-corrected chi connectivity index (χ0v) is 18.7. The molecule has 1 N–H and O–H groups in total. The van der Waals surface area contributed by atoms with Crippen molar-refractivity contribution in [1.82, 2.24) is 9.80 Å². The number of benzene rings is 1. The van der Waals surface area contributed by atoms with Crippen LogP contribution in [0.2, 0.25) is 0 Å². The number of allylic oxidation sites excluding steroid dienone is 3. The van der Waals surface area contributed by atoms with Crippen molar-refractivity contribution < 1.29 is 13.6 Å². The van der Waals surface area contributed by atoms with Crippen molar-refractivity contribution in [2.75, 3.05) is 31.5 Å². The third kappa shape index (κ3) is 7.05. The van der Waals surface area contributed by atoms with Crippen molar-refractivity contribution in [3.63, 3.8) is 0 Å². The number of nitriles is 1. The first-order chi connectivity index (χ1) is 15.3. The number of nitrogens with zero attached hydrogens (tertiary/aromatic N) is 4. The lowest BCUT2D eigenvalue weighted by atomic mass is 10.1. The monoisotopic (exact) mass is 441 g/mol. The molecule has 1 aromatic rings. The van der Waals surface area contributed by atoms with Gasteiger partial charge in [0.05, 0.1) is 11.8 Å². The van der Waals surface area contributed by atoms with Crippen LogP contribution in [0.5, 0.6) is 0 Å². The molecule has 6 nitrogen and oxygen atoms in total. The molecule has 1 fully saturated rings. The molecule has 0 bridgehead atoms. The third-order valence-electron chi connectivity index (χ3n) is 4.86. The Bertz CT molecular complexity index is 929. The van der Waals surface area contributed by atoms with E-state index in [2.05, 4.69) is 15.2 Å². The summed E-state index contributed by atoms with van der Waals surface area (Å²) in [6.07, 6.45) is 8.73. The van der Waals surface area contributed by atoms with Crippen LogP contribution in [-0.4, -0.2) is 47.7 Å². The van der Waals surface area contributed by atoms with Crippen LogP contribution in [0, 0.1) is 11.3 Å². The predicted molar refractivity (Wildman–Crippen MR) is 123 cm³/mol. The minimum Gasteiger partial charge on any atom is -0.353 e. The van der Waals surface area contributed by atoms with Gasteiger partial charge in [-0.1, -0.05) is 31.2 Å². The highest BCUT2D eigenvalue weighted by Gasteiger charge is 2.25. The van der Waals surface area contributed by atoms with Gasteiger partial charge in [-0.25, -0.2) is 13.8 Å². The fraction of sp³-hybridized carbons (Fsp3) is 0.375. The molecule has 0 unspecified atom stereocenters. The van der Waals surface area contributed by atoms with Crippen LogP contribution < -0.4 is 5.32 Å². The smallest absolute Gasteiger partial charge is 0.270 e. The molecule has 1 aliphatic rings. The quantitative estimate of drug-likeness (QED) is 0.289. The molecule has 1 saturated heterocycles. The largest absolute Gasteiger partial charge is 0.353 e. The van der Waals surface area contributed by atoms with Crippen LogP contribution in [0.1, 0.15) is 32.8 Å². The van der Waals surface area contributed by atoms with Gasteiger partial charge in [0.15, 0.2) is 5.84 Å². The number of hydrogen-bond donors (Lipinski definition) is 1. The Morgan fingerprint density at radius 3 is 2.38 bits per heavy atom. The van der Waals surface area contributed by atoms with Gasteiger partial charge in [0.2, 0.25) is 5.91 Å². The Hall–Kier alpha value is -3.47. The molecule has 170 valence electrons. The molecule has 1 aliphatic heterocycles. The first-order valence-corrected chi connectivity index (χ1v) is 10.5. The lowest BCUT2D eigenvalue weighted by Gasteiger charge is -2.36. The molecule has 0 spiro atoms. The summed E-state index contributed by atoms with van der Waals surface area (Å²) in [6.45, 7) is 6.92. The van der Waals surface area contributed by atoms with Crippen molar-refractivity contribution in [3.05, 3.63) is 66.0 Å². The number of anilines is 1. The Morgan fingerprint density at radius 1 is 1.22 bits per heavy atom. The van der Waals surface area contributed by atoms with E-state index < -0.39 is 5.92 Å². The summed E-state index contributed by atoms with van der Waals surface area (Å²) in [5.74, 6) is -2.36. The molecule has 1 aromatic carbocycles. The lowest BCUT2D eigenvalue weighted by molar-refractivity contribution is -0.127. The summed E-state index contributed by atoms with van der Waals surface area (Å²) in [6, 6.07) is 7.90. The second-order valence-electron chi connectivity index (χ2n) is 7.33. The molecule has 0 saturated carbocycles. The summed E-state index contributed by atoms with van der Waals surface area (Å²) in [7, 11) is 0. The third-order valence-corrected chi connectivity index (χ3v) is 4.86. The molecule has 0 aromatic heterocycles. The van der Waals surface area contributed by atoms with Gasteiger partial charge in [0, 0.05) is 62.7 Å². The topological polar surface area (TPSA) is 71.7 Å². The highest BCUT2D eigenvalue weighted by atomic mass is 19.3. The van der Waals surface area contributed by atoms with Gasteiger partial charge in [0.1, 0.15) is 0 Å². The number of nitrogens with one attached hydrogen (secondary N) is 1. The van der Waals surface area contributed by atoms with Gasteiger partial charge < -0.3 is 15.1 Å². The Balaban J connectivity index is 2.20. The maximum Gasteiger partial charge on any atom is 0.270 e. The van der Waals surface area contributed by atoms with E-state index in [0.29, 0.717) is 31.9 Å². The predicted octanol–water partition coefficient (Wildman–Crippen LogP) is 4.66. The van der Waals surface area contributed by atoms with Gasteiger partial charge in [-0.3, -0.25) is 4.79 Å². The number of amides is 1. The average molecular weight is 442 g/mol. The van der Waals surface area contributed by atoms with Crippen LogP contribution in [0.3, 0.4) is 0 Å². The minimum atomic E-state index is -2.89. The number of rotatable bonds is 7. The van der Waals surface area contributed by atoms with E-state index in [0.717, 1.165) is 24.9 Å². The maximum absolute atomic E-state index is 13.5. The molecule has 1 amide bonds. The van der Waals surface area contributed by atoms with Crippen molar-refractivity contribution in [2.24, 2.45) is 4.99 Å². The van der Waals surface area contributed by atoms with Gasteiger partial charge >= 0.3 is 0 Å². The molecular formula is C24H29F2N5O. The Kier molecular flexibility index (Phi) is 9.14. The number of carbonyl (C=O) groups excluding carboxylic acids is 1. The average Bonchev–Trinajstić information content (AvgIpc) is 2.78. The minimum absolute atomic E-state index is 0.0434. The van der Waals surface area contributed by atoms with Crippen LogP contribution in [0.15, 0.2) is 65.5 Å². The fourth-order valence-corrected chi connectivity index (χ4v) is 3.22. The molecule has 1 heterocycles. The molecule has 32 heavy (non-hydrogen) atoms. The van der Waals surface area contributed by atoms with Crippen LogP contribution in [0.25, 0.3) is 0 Å². The highest BCUT2D eigenvalue weighted by molar-refractivity contribution is 6.01. The normalized spacial score (nSPS) is 16.0. The zero-order valence-electron chi connectivity index (χ0n) is 18.7. The lowest BCUT2D eigenvalue weighted by Crippen LogP contribution is -2.51. The Morgan fingerprint density at radius 2 is 1.84 bits per heavy atom. The molecule has 0 atom stereocenters. The number of carbonyl (C=O) groups is 1. The maximum atomic E-state index is 13.5. The number of amidine groups is 1. The van der Waals surface area contributed by atoms with Crippen molar-refractivity contribution >= 4 is 17.4 Å². The molecule has 8 heteroatoms. The van der Waals surface area contributed by atoms with E-state index in [1.54, 1.807) is 23.2 Å². The standard InChI is InChI=1S/C24H29F2N5O/c1-4-7-21(29-20-11-9-19(10-12-20)24(3,25)26)23(28-14-5-2)31-17-15-30(16-18-31)22(32)8-6-13-27/h5-12,14,29H,4,15-18H2,1-3H3/b8-6+,14-5-,21-7-,28-23-. The number of alkyl halides is 2. The van der Waals surface area contributed by atoms with Crippen molar-refractivity contribution in [1.29, 1.82) is 5.26 Å². The van der Waals surface area contributed by atoms with E-state index in [1.807, 2.05) is 32.1 Å². The van der Waals surface area contributed by atoms with Crippen molar-refractivity contribution in [2.45, 2.75) is 33.1 Å². The first-order valence-electron chi connectivity index (χ1n) is 10.5. The van der Waals surface area contributed by atoms with Crippen LogP contribution in [-0.2, 0) is 10.7 Å². The molecular weight excluding hydrogens is 412 g/mol. The summed E-state index contributed by atoms with van der Waals surface area (Å²) < 4.78 is 27.0. The summed E-state index contributed by atoms with van der Waals surface area (Å²) in [5.41, 5.74) is 1.41. The number of halogens is 2. The summed E-state index contributed by atoms with van der Waals surface area (Å²) >= 11 is 0. The number of hydrogen-bond acceptors (Lipinski definition) is 4. The fourth-order valence-electron chi connectivity index (χ4n) is 3.22. The first kappa shape index (κ1) is 24.8. The van der Waals surface area contributed by atoms with Crippen LogP contribution >= 0.6 is 0 Å². The van der Waals surface area contributed by atoms with E-state index in [9.17, 15) is 13.6 Å². The molecule has 0 radical (unpaired) electrons. The van der Waals surface area contributed by atoms with Gasteiger partial charge in [-0.2, -0.15) is 5.26 Å². The molecule has 0 aliphatic carbocycles. The highest BCUT2D eigenvalue weighted by Crippen LogP contribution is 2.28. The number of aliphatic imine (C=N–C) groups is 1. The summed E-state index contributed by atoms with van der Waals surface area (Å²) in [5, 5.41) is 11.9. The zero-order chi connectivity index (χ0) is 23.6. The SMILES string of the molecule is C\C=C/N=C(/C(=C/CC)Nc1ccc(C(C)(F)F)cc1)N1CCN(C(=O)/C=C/C#N)CC1. The van der Waals surface area contributed by atoms with E-state index in [-0.39, 0.29) is 11.5 Å². The second-order valence-corrected chi connectivity index (χ2v) is 7.33. The van der Waals surface area contributed by atoms with E-state index in [1.165, 1.54) is 24.3 Å². The second kappa shape index (κ2) is 11.8. The summed E-state index contributed by atoms with van der Waals surface area (Å²) in [4.78, 5) is 20.5. The van der Waals surface area contributed by atoms with E-state index >= 15 is 0 Å².